The second kappa shape index (κ2) is 10.0. The Morgan fingerprint density at radius 1 is 1.10 bits per heavy atom. The van der Waals surface area contributed by atoms with E-state index in [-0.39, 0.29) is 5.82 Å². The fourth-order valence-electron chi connectivity index (χ4n) is 3.88. The highest BCUT2D eigenvalue weighted by Crippen LogP contribution is 2.32. The van der Waals surface area contributed by atoms with E-state index < -0.39 is 0 Å². The van der Waals surface area contributed by atoms with Gasteiger partial charge in [0.15, 0.2) is 5.82 Å². The number of halogens is 2. The Bertz CT molecular complexity index is 1070. The van der Waals surface area contributed by atoms with Gasteiger partial charge in [0.2, 0.25) is 0 Å². The molecule has 1 heterocycles. The van der Waals surface area contributed by atoms with Crippen LogP contribution in [0.2, 0.25) is 5.02 Å². The summed E-state index contributed by atoms with van der Waals surface area (Å²) >= 11 is 6.47. The van der Waals surface area contributed by atoms with Crippen molar-refractivity contribution in [1.29, 1.82) is 0 Å². The van der Waals surface area contributed by atoms with Crippen molar-refractivity contribution >= 4 is 28.8 Å². The summed E-state index contributed by atoms with van der Waals surface area (Å²) in [5.74, 6) is 1.05. The van der Waals surface area contributed by atoms with Crippen LogP contribution in [0, 0.1) is 11.7 Å². The van der Waals surface area contributed by atoms with Gasteiger partial charge in [-0.1, -0.05) is 35.9 Å². The first-order valence-electron chi connectivity index (χ1n) is 10.6. The van der Waals surface area contributed by atoms with Crippen molar-refractivity contribution in [3.63, 3.8) is 0 Å². The maximum atomic E-state index is 13.4. The normalized spacial score (nSPS) is 16.2. The Morgan fingerprint density at radius 2 is 1.90 bits per heavy atom. The fraction of sp³-hybridized carbons (Fsp3) is 0.280. The molecular weight excluding hydrogens is 411 g/mol. The predicted molar refractivity (Wildman–Crippen MR) is 127 cm³/mol. The monoisotopic (exact) mass is 436 g/mol. The van der Waals surface area contributed by atoms with Gasteiger partial charge in [0.25, 0.3) is 0 Å². The first-order chi connectivity index (χ1) is 15.1. The summed E-state index contributed by atoms with van der Waals surface area (Å²) in [5.41, 5.74) is 10.6. The van der Waals surface area contributed by atoms with E-state index >= 15 is 0 Å². The predicted octanol–water partition coefficient (Wildman–Crippen LogP) is 6.37. The molecule has 31 heavy (non-hydrogen) atoms. The number of rotatable bonds is 6. The fourth-order valence-corrected chi connectivity index (χ4v) is 4.09. The third-order valence-corrected chi connectivity index (χ3v) is 5.99. The lowest BCUT2D eigenvalue weighted by Crippen LogP contribution is -2.21. The van der Waals surface area contributed by atoms with Gasteiger partial charge >= 0.3 is 0 Å². The molecule has 0 bridgehead atoms. The highest BCUT2D eigenvalue weighted by atomic mass is 35.5. The summed E-state index contributed by atoms with van der Waals surface area (Å²) in [4.78, 5) is 9.18. The van der Waals surface area contributed by atoms with Crippen molar-refractivity contribution in [1.82, 2.24) is 4.98 Å². The number of nitrogens with zero attached hydrogens (tertiary/aromatic N) is 2. The second-order valence-electron chi connectivity index (χ2n) is 7.94. The minimum Gasteiger partial charge on any atom is -0.381 e. The van der Waals surface area contributed by atoms with Crippen LogP contribution in [0.1, 0.15) is 31.2 Å². The molecule has 2 aromatic carbocycles. The topological polar surface area (TPSA) is 63.3 Å². The van der Waals surface area contributed by atoms with Crippen LogP contribution in [0.15, 0.2) is 65.8 Å². The first kappa shape index (κ1) is 21.5. The van der Waals surface area contributed by atoms with Crippen molar-refractivity contribution in [3.05, 3.63) is 77.2 Å². The van der Waals surface area contributed by atoms with Gasteiger partial charge in [0.1, 0.15) is 5.82 Å². The average molecular weight is 437 g/mol. The van der Waals surface area contributed by atoms with Crippen molar-refractivity contribution in [2.24, 2.45) is 16.6 Å². The van der Waals surface area contributed by atoms with Gasteiger partial charge in [-0.25, -0.2) is 14.4 Å². The molecule has 3 aromatic rings. The Balaban J connectivity index is 1.51. The van der Waals surface area contributed by atoms with E-state index in [1.807, 2.05) is 36.4 Å². The molecule has 0 atom stereocenters. The van der Waals surface area contributed by atoms with Crippen LogP contribution in [0.4, 0.5) is 15.9 Å². The lowest BCUT2D eigenvalue weighted by molar-refractivity contribution is 0.453. The van der Waals surface area contributed by atoms with E-state index in [0.29, 0.717) is 23.3 Å². The lowest BCUT2D eigenvalue weighted by atomic mass is 9.88. The highest BCUT2D eigenvalue weighted by molar-refractivity contribution is 6.33. The molecule has 1 aliphatic carbocycles. The van der Waals surface area contributed by atoms with Crippen LogP contribution < -0.4 is 11.1 Å². The van der Waals surface area contributed by atoms with E-state index in [4.69, 9.17) is 22.3 Å². The lowest BCUT2D eigenvalue weighted by Gasteiger charge is -2.21. The maximum absolute atomic E-state index is 13.4. The smallest absolute Gasteiger partial charge is 0.152 e. The Kier molecular flexibility index (Phi) is 6.95. The summed E-state index contributed by atoms with van der Waals surface area (Å²) in [7, 11) is 0. The highest BCUT2D eigenvalue weighted by Gasteiger charge is 2.16. The number of aliphatic imine (C=N–C) groups is 1. The minimum absolute atomic E-state index is 0.234. The number of nitrogens with two attached hydrogens (primary N) is 1. The summed E-state index contributed by atoms with van der Waals surface area (Å²) in [6, 6.07) is 16.5. The molecule has 0 saturated heterocycles. The average Bonchev–Trinajstić information content (AvgIpc) is 2.80. The summed E-state index contributed by atoms with van der Waals surface area (Å²) in [5, 5.41) is 3.93. The number of pyridine rings is 1. The minimum atomic E-state index is -0.234. The van der Waals surface area contributed by atoms with Crippen LogP contribution in [-0.2, 0) is 6.54 Å². The number of hydrogen-bond acceptors (Lipinski definition) is 4. The number of aromatic nitrogens is 1. The van der Waals surface area contributed by atoms with Crippen molar-refractivity contribution < 1.29 is 4.39 Å². The van der Waals surface area contributed by atoms with E-state index in [0.717, 1.165) is 54.6 Å². The summed E-state index contributed by atoms with van der Waals surface area (Å²) < 4.78 is 13.4. The van der Waals surface area contributed by atoms with Gasteiger partial charge in [0.05, 0.1) is 5.02 Å². The van der Waals surface area contributed by atoms with Crippen molar-refractivity contribution in [3.8, 4) is 11.1 Å². The van der Waals surface area contributed by atoms with Gasteiger partial charge in [-0.2, -0.15) is 0 Å². The Labute approximate surface area is 187 Å². The van der Waals surface area contributed by atoms with E-state index in [1.165, 1.54) is 17.8 Å². The van der Waals surface area contributed by atoms with Crippen molar-refractivity contribution in [2.45, 2.75) is 32.2 Å². The second-order valence-corrected chi connectivity index (χ2v) is 8.35. The maximum Gasteiger partial charge on any atom is 0.152 e. The third kappa shape index (κ3) is 5.69. The van der Waals surface area contributed by atoms with Gasteiger partial charge in [-0.3, -0.25) is 0 Å². The molecule has 4 rings (SSSR count). The van der Waals surface area contributed by atoms with Gasteiger partial charge in [0, 0.05) is 29.7 Å². The molecule has 160 valence electrons. The third-order valence-electron chi connectivity index (χ3n) is 5.69. The zero-order valence-electron chi connectivity index (χ0n) is 17.3. The number of anilines is 1. The van der Waals surface area contributed by atoms with Crippen LogP contribution >= 0.6 is 11.6 Å². The standard InChI is InChI=1S/C25H26ClFN4/c26-24-16-30-25(31-21-9-7-17(14-28)8-10-21)13-23(24)19-4-2-6-22(12-19)29-15-18-3-1-5-20(27)11-18/h1-6,11-13,16-17,29H,7-10,14-15,28H2. The molecular formula is C25H26ClFN4. The van der Waals surface area contributed by atoms with E-state index in [9.17, 15) is 4.39 Å². The zero-order valence-corrected chi connectivity index (χ0v) is 18.1. The molecule has 1 aromatic heterocycles. The van der Waals surface area contributed by atoms with Crippen LogP contribution in [0.5, 0.6) is 0 Å². The van der Waals surface area contributed by atoms with Crippen LogP contribution in [0.3, 0.4) is 0 Å². The Hall–Kier alpha value is -2.76. The molecule has 1 fully saturated rings. The number of hydrogen-bond donors (Lipinski definition) is 2. The SMILES string of the molecule is NCC1CCC(=Nc2cc(-c3cccc(NCc4cccc(F)c4)c3)c(Cl)cn2)CC1. The molecule has 0 amide bonds. The van der Waals surface area contributed by atoms with Crippen LogP contribution in [0.25, 0.3) is 11.1 Å². The number of nitrogens with one attached hydrogen (secondary N) is 1. The summed E-state index contributed by atoms with van der Waals surface area (Å²) in [6.45, 7) is 1.29. The molecule has 3 N–H and O–H groups in total. The quantitative estimate of drug-likeness (QED) is 0.471. The molecule has 1 aliphatic rings. The van der Waals surface area contributed by atoms with Gasteiger partial charge in [-0.15, -0.1) is 0 Å². The first-order valence-corrected chi connectivity index (χ1v) is 11.0. The molecule has 4 nitrogen and oxygen atoms in total. The Morgan fingerprint density at radius 3 is 2.68 bits per heavy atom. The van der Waals surface area contributed by atoms with Gasteiger partial charge in [-0.05, 0) is 79.6 Å². The molecule has 1 saturated carbocycles. The van der Waals surface area contributed by atoms with E-state index in [1.54, 1.807) is 12.3 Å². The van der Waals surface area contributed by atoms with E-state index in [2.05, 4.69) is 10.3 Å². The molecule has 0 spiro atoms. The molecule has 0 unspecified atom stereocenters. The molecule has 0 radical (unpaired) electrons. The van der Waals surface area contributed by atoms with Crippen LogP contribution in [-0.4, -0.2) is 17.2 Å². The van der Waals surface area contributed by atoms with Gasteiger partial charge < -0.3 is 11.1 Å². The zero-order chi connectivity index (χ0) is 21.6. The molecule has 6 heteroatoms. The summed E-state index contributed by atoms with van der Waals surface area (Å²) in [6.07, 6.45) is 5.79. The molecule has 0 aliphatic heterocycles. The van der Waals surface area contributed by atoms with Crippen molar-refractivity contribution in [2.75, 3.05) is 11.9 Å². The number of benzene rings is 2. The largest absolute Gasteiger partial charge is 0.381 e.